The molecule has 0 spiro atoms. The number of nitriles is 1. The van der Waals surface area contributed by atoms with Crippen molar-refractivity contribution in [1.82, 2.24) is 0 Å². The first-order chi connectivity index (χ1) is 8.67. The van der Waals surface area contributed by atoms with E-state index < -0.39 is 0 Å². The second-order valence-electron chi connectivity index (χ2n) is 4.18. The molecule has 1 N–H and O–H groups in total. The fraction of sp³-hybridized carbons (Fsp3) is 0.133. The summed E-state index contributed by atoms with van der Waals surface area (Å²) in [4.78, 5) is 0. The molecule has 0 unspecified atom stereocenters. The van der Waals surface area contributed by atoms with Gasteiger partial charge in [0.15, 0.2) is 0 Å². The number of halogens is 1. The van der Waals surface area contributed by atoms with Gasteiger partial charge < -0.3 is 5.32 Å². The molecular formula is C15H13BrN2. The molecule has 2 rings (SSSR count). The van der Waals surface area contributed by atoms with Crippen LogP contribution in [0.2, 0.25) is 0 Å². The van der Waals surface area contributed by atoms with E-state index in [4.69, 9.17) is 5.26 Å². The average Bonchev–Trinajstić information content (AvgIpc) is 2.35. The lowest BCUT2D eigenvalue weighted by Gasteiger charge is -2.08. The Bertz CT molecular complexity index is 579. The van der Waals surface area contributed by atoms with Gasteiger partial charge in [0, 0.05) is 16.7 Å². The average molecular weight is 301 g/mol. The van der Waals surface area contributed by atoms with E-state index in [1.165, 1.54) is 5.56 Å². The van der Waals surface area contributed by atoms with Crippen LogP contribution in [0.5, 0.6) is 0 Å². The van der Waals surface area contributed by atoms with Gasteiger partial charge in [-0.25, -0.2) is 0 Å². The fourth-order valence-electron chi connectivity index (χ4n) is 1.79. The van der Waals surface area contributed by atoms with Gasteiger partial charge in [-0.1, -0.05) is 28.1 Å². The lowest BCUT2D eigenvalue weighted by Crippen LogP contribution is -1.99. The third-order valence-corrected chi connectivity index (χ3v) is 3.05. The molecule has 0 bridgehead atoms. The highest BCUT2D eigenvalue weighted by Crippen LogP contribution is 2.19. The highest BCUT2D eigenvalue weighted by Gasteiger charge is 1.98. The van der Waals surface area contributed by atoms with Gasteiger partial charge in [-0.2, -0.15) is 5.26 Å². The summed E-state index contributed by atoms with van der Waals surface area (Å²) in [5.41, 5.74) is 4.08. The van der Waals surface area contributed by atoms with Gasteiger partial charge in [0.25, 0.3) is 0 Å². The molecule has 18 heavy (non-hydrogen) atoms. The molecule has 0 aromatic heterocycles. The highest BCUT2D eigenvalue weighted by molar-refractivity contribution is 9.10. The van der Waals surface area contributed by atoms with Crippen LogP contribution in [0.1, 0.15) is 16.7 Å². The zero-order valence-electron chi connectivity index (χ0n) is 10.1. The van der Waals surface area contributed by atoms with E-state index in [-0.39, 0.29) is 0 Å². The predicted molar refractivity (Wildman–Crippen MR) is 77.4 cm³/mol. The molecule has 0 aliphatic carbocycles. The van der Waals surface area contributed by atoms with Gasteiger partial charge in [-0.05, 0) is 48.4 Å². The number of nitrogens with zero attached hydrogens (tertiary/aromatic N) is 1. The van der Waals surface area contributed by atoms with Crippen LogP contribution in [0.4, 0.5) is 5.69 Å². The molecule has 0 saturated carbocycles. The van der Waals surface area contributed by atoms with E-state index in [0.29, 0.717) is 12.1 Å². The van der Waals surface area contributed by atoms with Crippen molar-refractivity contribution in [3.05, 3.63) is 63.6 Å². The van der Waals surface area contributed by atoms with Crippen LogP contribution in [0, 0.1) is 18.3 Å². The molecule has 0 aliphatic rings. The summed E-state index contributed by atoms with van der Waals surface area (Å²) in [5.74, 6) is 0. The first kappa shape index (κ1) is 12.7. The van der Waals surface area contributed by atoms with Crippen molar-refractivity contribution in [3.63, 3.8) is 0 Å². The molecule has 0 aliphatic heterocycles. The summed E-state index contributed by atoms with van der Waals surface area (Å²) < 4.78 is 1.07. The molecular weight excluding hydrogens is 288 g/mol. The number of hydrogen-bond donors (Lipinski definition) is 1. The van der Waals surface area contributed by atoms with Gasteiger partial charge in [-0.3, -0.25) is 0 Å². The van der Waals surface area contributed by atoms with E-state index in [9.17, 15) is 0 Å². The standard InChI is InChI=1S/C15H13BrN2/c1-11-5-14(16)8-15(6-11)18-10-13-4-2-3-12(7-13)9-17/h2-8,18H,10H2,1H3. The van der Waals surface area contributed by atoms with E-state index in [0.717, 1.165) is 15.7 Å². The third kappa shape index (κ3) is 3.35. The van der Waals surface area contributed by atoms with Gasteiger partial charge in [0.2, 0.25) is 0 Å². The predicted octanol–water partition coefficient (Wildman–Crippen LogP) is 4.24. The first-order valence-corrected chi connectivity index (χ1v) is 6.47. The van der Waals surface area contributed by atoms with Crippen molar-refractivity contribution in [2.24, 2.45) is 0 Å². The monoisotopic (exact) mass is 300 g/mol. The van der Waals surface area contributed by atoms with Crippen LogP contribution in [-0.2, 0) is 6.54 Å². The lowest BCUT2D eigenvalue weighted by molar-refractivity contribution is 1.14. The maximum absolute atomic E-state index is 8.84. The minimum atomic E-state index is 0.694. The summed E-state index contributed by atoms with van der Waals surface area (Å²) in [6.07, 6.45) is 0. The number of nitrogens with one attached hydrogen (secondary N) is 1. The molecule has 2 nitrogen and oxygen atoms in total. The fourth-order valence-corrected chi connectivity index (χ4v) is 2.40. The zero-order valence-corrected chi connectivity index (χ0v) is 11.7. The second kappa shape index (κ2) is 5.70. The Labute approximate surface area is 115 Å². The number of aryl methyl sites for hydroxylation is 1. The maximum Gasteiger partial charge on any atom is 0.0991 e. The number of benzene rings is 2. The Hall–Kier alpha value is -1.79. The van der Waals surface area contributed by atoms with Gasteiger partial charge in [0.05, 0.1) is 11.6 Å². The summed E-state index contributed by atoms with van der Waals surface area (Å²) in [6.45, 7) is 2.78. The summed E-state index contributed by atoms with van der Waals surface area (Å²) in [5, 5.41) is 12.2. The Morgan fingerprint density at radius 1 is 1.22 bits per heavy atom. The van der Waals surface area contributed by atoms with Crippen LogP contribution in [0.15, 0.2) is 46.9 Å². The normalized spacial score (nSPS) is 9.83. The molecule has 0 heterocycles. The minimum absolute atomic E-state index is 0.694. The molecule has 2 aromatic rings. The molecule has 0 atom stereocenters. The first-order valence-electron chi connectivity index (χ1n) is 5.67. The SMILES string of the molecule is Cc1cc(Br)cc(NCc2cccc(C#N)c2)c1. The summed E-state index contributed by atoms with van der Waals surface area (Å²) in [7, 11) is 0. The van der Waals surface area contributed by atoms with Crippen LogP contribution < -0.4 is 5.32 Å². The van der Waals surface area contributed by atoms with E-state index >= 15 is 0 Å². The van der Waals surface area contributed by atoms with Crippen LogP contribution in [-0.4, -0.2) is 0 Å². The second-order valence-corrected chi connectivity index (χ2v) is 5.10. The van der Waals surface area contributed by atoms with Crippen LogP contribution >= 0.6 is 15.9 Å². The molecule has 90 valence electrons. The smallest absolute Gasteiger partial charge is 0.0991 e. The molecule has 0 radical (unpaired) electrons. The lowest BCUT2D eigenvalue weighted by atomic mass is 10.1. The van der Waals surface area contributed by atoms with E-state index in [2.05, 4.69) is 46.4 Å². The van der Waals surface area contributed by atoms with Gasteiger partial charge in [0.1, 0.15) is 0 Å². The quantitative estimate of drug-likeness (QED) is 0.920. The number of rotatable bonds is 3. The Kier molecular flexibility index (Phi) is 4.01. The van der Waals surface area contributed by atoms with Crippen molar-refractivity contribution in [2.45, 2.75) is 13.5 Å². The topological polar surface area (TPSA) is 35.8 Å². The molecule has 0 amide bonds. The summed E-state index contributed by atoms with van der Waals surface area (Å²) in [6, 6.07) is 16.0. The Balaban J connectivity index is 2.09. The van der Waals surface area contributed by atoms with Gasteiger partial charge >= 0.3 is 0 Å². The van der Waals surface area contributed by atoms with Crippen molar-refractivity contribution in [3.8, 4) is 6.07 Å². The van der Waals surface area contributed by atoms with Gasteiger partial charge in [-0.15, -0.1) is 0 Å². The van der Waals surface area contributed by atoms with Crippen molar-refractivity contribution < 1.29 is 0 Å². The summed E-state index contributed by atoms with van der Waals surface area (Å²) >= 11 is 3.48. The van der Waals surface area contributed by atoms with E-state index in [1.54, 1.807) is 0 Å². The minimum Gasteiger partial charge on any atom is -0.381 e. The molecule has 0 saturated heterocycles. The van der Waals surface area contributed by atoms with Crippen molar-refractivity contribution in [2.75, 3.05) is 5.32 Å². The van der Waals surface area contributed by atoms with Crippen LogP contribution in [0.25, 0.3) is 0 Å². The number of anilines is 1. The Morgan fingerprint density at radius 2 is 2.06 bits per heavy atom. The molecule has 2 aromatic carbocycles. The Morgan fingerprint density at radius 3 is 2.78 bits per heavy atom. The molecule has 0 fully saturated rings. The van der Waals surface area contributed by atoms with Crippen LogP contribution in [0.3, 0.4) is 0 Å². The van der Waals surface area contributed by atoms with Crippen molar-refractivity contribution >= 4 is 21.6 Å². The van der Waals surface area contributed by atoms with Crippen molar-refractivity contribution in [1.29, 1.82) is 5.26 Å². The zero-order chi connectivity index (χ0) is 13.0. The highest BCUT2D eigenvalue weighted by atomic mass is 79.9. The largest absolute Gasteiger partial charge is 0.381 e. The van der Waals surface area contributed by atoms with E-state index in [1.807, 2.05) is 30.3 Å². The third-order valence-electron chi connectivity index (χ3n) is 2.59. The molecule has 3 heteroatoms. The maximum atomic E-state index is 8.84. The number of hydrogen-bond acceptors (Lipinski definition) is 2.